The maximum absolute atomic E-state index is 12.4. The molecule has 1 aliphatic carbocycles. The predicted molar refractivity (Wildman–Crippen MR) is 141 cm³/mol. The van der Waals surface area contributed by atoms with Crippen LogP contribution < -0.4 is 16.1 Å². The Balaban J connectivity index is 1.32. The maximum Gasteiger partial charge on any atom is 0.246 e. The Morgan fingerprint density at radius 3 is 2.76 bits per heavy atom. The van der Waals surface area contributed by atoms with Gasteiger partial charge in [0.05, 0.1) is 23.9 Å². The number of amides is 1. The third-order valence-corrected chi connectivity index (χ3v) is 6.95. The number of hydroxylamine groups is 1. The normalized spacial score (nSPS) is 16.9. The van der Waals surface area contributed by atoms with Gasteiger partial charge in [-0.15, -0.1) is 0 Å². The molecule has 10 nitrogen and oxygen atoms in total. The van der Waals surface area contributed by atoms with Crippen LogP contribution in [0.25, 0.3) is 22.2 Å². The van der Waals surface area contributed by atoms with Gasteiger partial charge in [-0.1, -0.05) is 0 Å². The van der Waals surface area contributed by atoms with Crippen LogP contribution >= 0.6 is 0 Å². The van der Waals surface area contributed by atoms with Gasteiger partial charge in [0.2, 0.25) is 5.91 Å². The van der Waals surface area contributed by atoms with E-state index in [1.165, 1.54) is 19.0 Å². The van der Waals surface area contributed by atoms with Crippen molar-refractivity contribution in [3.63, 3.8) is 0 Å². The minimum Gasteiger partial charge on any atom is -0.404 e. The van der Waals surface area contributed by atoms with Gasteiger partial charge >= 0.3 is 0 Å². The van der Waals surface area contributed by atoms with Crippen molar-refractivity contribution in [3.8, 4) is 17.2 Å². The van der Waals surface area contributed by atoms with E-state index in [4.69, 9.17) is 15.6 Å². The molecule has 0 spiro atoms. The highest BCUT2D eigenvalue weighted by atomic mass is 16.7. The largest absolute Gasteiger partial charge is 0.404 e. The van der Waals surface area contributed by atoms with E-state index in [0.717, 1.165) is 54.0 Å². The predicted octanol–water partition coefficient (Wildman–Crippen LogP) is 2.94. The number of allylic oxidation sites excluding steroid dienone is 1. The minimum atomic E-state index is -0.0477. The van der Waals surface area contributed by atoms with Crippen LogP contribution in [0.15, 0.2) is 48.0 Å². The van der Waals surface area contributed by atoms with Gasteiger partial charge in [0.1, 0.15) is 11.9 Å². The second-order valence-electron chi connectivity index (χ2n) is 9.50. The number of nitrogens with two attached hydrogens (primary N) is 1. The van der Waals surface area contributed by atoms with Gasteiger partial charge in [0.15, 0.2) is 0 Å². The van der Waals surface area contributed by atoms with Gasteiger partial charge in [-0.05, 0) is 49.8 Å². The van der Waals surface area contributed by atoms with Crippen molar-refractivity contribution in [2.24, 2.45) is 22.6 Å². The standard InChI is InChI=1S/C27H30N8O2/c1-30-13-22(11-28)21-10-24(26-23(12-29)15-32-35(26)16-21)20-4-5-25(31-14-20)34-8-6-19(7-9-34)27(36)33-37-17-18-2-3-18/h4-5,10-11,13-16,18-19H,2-3,6-9,17,28H2,1H3,(H,33,36). The highest BCUT2D eigenvalue weighted by Crippen LogP contribution is 2.31. The number of anilines is 1. The molecule has 1 saturated carbocycles. The summed E-state index contributed by atoms with van der Waals surface area (Å²) < 4.78 is 1.69. The number of nitrogens with zero attached hydrogens (tertiary/aromatic N) is 6. The molecule has 0 unspecified atom stereocenters. The van der Waals surface area contributed by atoms with Crippen molar-refractivity contribution in [2.75, 3.05) is 31.6 Å². The van der Waals surface area contributed by atoms with Crippen LogP contribution in [0.2, 0.25) is 0 Å². The number of pyridine rings is 2. The number of nitrogens with one attached hydrogen (secondary N) is 1. The quantitative estimate of drug-likeness (QED) is 0.360. The molecule has 1 amide bonds. The monoisotopic (exact) mass is 498 g/mol. The summed E-state index contributed by atoms with van der Waals surface area (Å²) in [6.07, 6.45) is 12.3. The van der Waals surface area contributed by atoms with Gasteiger partial charge < -0.3 is 10.6 Å². The Morgan fingerprint density at radius 1 is 1.30 bits per heavy atom. The molecule has 1 aliphatic heterocycles. The summed E-state index contributed by atoms with van der Waals surface area (Å²) in [5.74, 6) is 1.39. The smallest absolute Gasteiger partial charge is 0.246 e. The van der Waals surface area contributed by atoms with E-state index in [9.17, 15) is 10.1 Å². The summed E-state index contributed by atoms with van der Waals surface area (Å²) in [6, 6.07) is 8.18. The van der Waals surface area contributed by atoms with Gasteiger partial charge in [0, 0.05) is 73.1 Å². The topological polar surface area (TPSA) is 134 Å². The van der Waals surface area contributed by atoms with Crippen molar-refractivity contribution in [1.29, 1.82) is 5.26 Å². The zero-order valence-corrected chi connectivity index (χ0v) is 20.8. The van der Waals surface area contributed by atoms with E-state index in [2.05, 4.69) is 26.5 Å². The molecule has 0 atom stereocenters. The lowest BCUT2D eigenvalue weighted by Gasteiger charge is -2.32. The lowest BCUT2D eigenvalue weighted by atomic mass is 9.96. The Kier molecular flexibility index (Phi) is 7.14. The number of carbonyl (C=O) groups is 1. The first-order chi connectivity index (χ1) is 18.1. The second-order valence-corrected chi connectivity index (χ2v) is 9.50. The molecule has 3 aromatic rings. The number of aromatic nitrogens is 3. The zero-order valence-electron chi connectivity index (χ0n) is 20.8. The van der Waals surface area contributed by atoms with Gasteiger partial charge in [-0.2, -0.15) is 10.4 Å². The van der Waals surface area contributed by atoms with E-state index >= 15 is 0 Å². The lowest BCUT2D eigenvalue weighted by molar-refractivity contribution is -0.138. The SMILES string of the molecule is CN=CC(=CN)c1cc(-c2ccc(N3CCC(C(=O)NOCC4CC4)CC3)nc2)c2c(C#N)cnn2c1. The third-order valence-electron chi connectivity index (χ3n) is 6.95. The molecule has 5 rings (SSSR count). The highest BCUT2D eigenvalue weighted by molar-refractivity contribution is 6.10. The molecule has 0 radical (unpaired) electrons. The molecular weight excluding hydrogens is 468 g/mol. The Morgan fingerprint density at radius 2 is 2.11 bits per heavy atom. The van der Waals surface area contributed by atoms with E-state index in [1.807, 2.05) is 30.6 Å². The number of rotatable bonds is 8. The van der Waals surface area contributed by atoms with Gasteiger partial charge in [-0.3, -0.25) is 14.6 Å². The number of hydrogen-bond acceptors (Lipinski definition) is 8. The molecule has 4 heterocycles. The van der Waals surface area contributed by atoms with Crippen molar-refractivity contribution < 1.29 is 9.63 Å². The highest BCUT2D eigenvalue weighted by Gasteiger charge is 2.27. The van der Waals surface area contributed by atoms with E-state index < -0.39 is 0 Å². The summed E-state index contributed by atoms with van der Waals surface area (Å²) >= 11 is 0. The van der Waals surface area contributed by atoms with Crippen LogP contribution in [0.3, 0.4) is 0 Å². The van der Waals surface area contributed by atoms with Crippen LogP contribution in [0, 0.1) is 23.2 Å². The Labute approximate surface area is 215 Å². The van der Waals surface area contributed by atoms with E-state index in [-0.39, 0.29) is 11.8 Å². The number of nitriles is 1. The lowest BCUT2D eigenvalue weighted by Crippen LogP contribution is -2.41. The Bertz CT molecular complexity index is 1370. The summed E-state index contributed by atoms with van der Waals surface area (Å²) in [5.41, 5.74) is 12.9. The molecule has 1 saturated heterocycles. The summed E-state index contributed by atoms with van der Waals surface area (Å²) in [5, 5.41) is 14.0. The minimum absolute atomic E-state index is 0.0272. The van der Waals surface area contributed by atoms with E-state index in [0.29, 0.717) is 23.6 Å². The summed E-state index contributed by atoms with van der Waals surface area (Å²) in [6.45, 7) is 2.10. The zero-order chi connectivity index (χ0) is 25.8. The van der Waals surface area contributed by atoms with Gasteiger partial charge in [-0.25, -0.2) is 15.0 Å². The molecule has 3 aromatic heterocycles. The number of piperidine rings is 1. The first-order valence-electron chi connectivity index (χ1n) is 12.5. The fourth-order valence-corrected chi connectivity index (χ4v) is 4.64. The first kappa shape index (κ1) is 24.5. The number of carbonyl (C=O) groups excluding carboxylic acids is 1. The number of hydrogen-bond donors (Lipinski definition) is 2. The van der Waals surface area contributed by atoms with E-state index in [1.54, 1.807) is 24.0 Å². The van der Waals surface area contributed by atoms with Crippen molar-refractivity contribution in [1.82, 2.24) is 20.1 Å². The number of aliphatic imine (C=N–C) groups is 1. The Hall–Kier alpha value is -4.23. The number of fused-ring (bicyclic) bond motifs is 1. The van der Waals surface area contributed by atoms with Crippen LogP contribution in [0.5, 0.6) is 0 Å². The van der Waals surface area contributed by atoms with Gasteiger partial charge in [0.25, 0.3) is 0 Å². The molecule has 3 N–H and O–H groups in total. The van der Waals surface area contributed by atoms with Crippen molar-refractivity contribution in [2.45, 2.75) is 25.7 Å². The second kappa shape index (κ2) is 10.8. The molecule has 10 heteroatoms. The van der Waals surface area contributed by atoms with Crippen LogP contribution in [-0.4, -0.2) is 53.5 Å². The average molecular weight is 499 g/mol. The molecule has 37 heavy (non-hydrogen) atoms. The van der Waals surface area contributed by atoms with Crippen molar-refractivity contribution in [3.05, 3.63) is 54.1 Å². The average Bonchev–Trinajstić information content (AvgIpc) is 3.67. The van der Waals surface area contributed by atoms with Crippen LogP contribution in [0.1, 0.15) is 36.8 Å². The molecule has 2 aliphatic rings. The summed E-state index contributed by atoms with van der Waals surface area (Å²) in [4.78, 5) is 28.8. The van der Waals surface area contributed by atoms with Crippen LogP contribution in [0.4, 0.5) is 5.82 Å². The van der Waals surface area contributed by atoms with Crippen molar-refractivity contribution >= 4 is 29.0 Å². The molecule has 2 fully saturated rings. The molecule has 190 valence electrons. The maximum atomic E-state index is 12.4. The first-order valence-corrected chi connectivity index (χ1v) is 12.5. The molecular formula is C27H30N8O2. The van der Waals surface area contributed by atoms with Crippen LogP contribution in [-0.2, 0) is 9.63 Å². The third kappa shape index (κ3) is 5.32. The molecule has 0 bridgehead atoms. The fourth-order valence-electron chi connectivity index (χ4n) is 4.64. The summed E-state index contributed by atoms with van der Waals surface area (Å²) in [7, 11) is 1.69. The molecule has 0 aromatic carbocycles. The fraction of sp³-hybridized carbons (Fsp3) is 0.370.